The Morgan fingerprint density at radius 2 is 1.88 bits per heavy atom. The molecule has 0 amide bonds. The number of nitrogens with zero attached hydrogens (tertiary/aromatic N) is 1. The van der Waals surface area contributed by atoms with Gasteiger partial charge in [0.2, 0.25) is 0 Å². The van der Waals surface area contributed by atoms with Crippen LogP contribution < -0.4 is 14.8 Å². The van der Waals surface area contributed by atoms with Crippen molar-refractivity contribution in [3.8, 4) is 5.75 Å². The fourth-order valence-corrected chi connectivity index (χ4v) is 3.33. The molecule has 136 valence electrons. The number of halogens is 3. The number of thiazole rings is 1. The van der Waals surface area contributed by atoms with Crippen LogP contribution in [0.5, 0.6) is 5.75 Å². The molecule has 0 bridgehead atoms. The largest absolute Gasteiger partial charge is 0.497 e. The Hall–Kier alpha value is -2.39. The fraction of sp³-hybridized carbons (Fsp3) is 0.118. The van der Waals surface area contributed by atoms with Gasteiger partial charge in [-0.3, -0.25) is 0 Å². The Bertz CT molecular complexity index is 868. The van der Waals surface area contributed by atoms with Gasteiger partial charge in [0.05, 0.1) is 12.6 Å². The number of ether oxygens (including phenoxy) is 1. The van der Waals surface area contributed by atoms with E-state index in [0.29, 0.717) is 17.1 Å². The summed E-state index contributed by atoms with van der Waals surface area (Å²) < 4.78 is 50.0. The average Bonchev–Trinajstić information content (AvgIpc) is 3.14. The number of nitrogens with one attached hydrogen (secondary N) is 2. The molecule has 1 aromatic heterocycles. The van der Waals surface area contributed by atoms with E-state index in [1.165, 1.54) is 36.6 Å². The van der Waals surface area contributed by atoms with Crippen molar-refractivity contribution in [2.75, 3.05) is 17.1 Å². The summed E-state index contributed by atoms with van der Waals surface area (Å²) in [4.78, 5) is 3.81. The van der Waals surface area contributed by atoms with E-state index in [9.17, 15) is 13.2 Å². The highest BCUT2D eigenvalue weighted by Crippen LogP contribution is 2.29. The van der Waals surface area contributed by atoms with E-state index in [1.54, 1.807) is 10.9 Å². The number of anilines is 2. The molecule has 26 heavy (non-hydrogen) atoms. The summed E-state index contributed by atoms with van der Waals surface area (Å²) in [6.07, 6.45) is 0. The summed E-state index contributed by atoms with van der Waals surface area (Å²) in [7, 11) is 1.48. The maximum atomic E-state index is 14.2. The lowest BCUT2D eigenvalue weighted by Gasteiger charge is -2.11. The molecule has 1 heterocycles. The van der Waals surface area contributed by atoms with Crippen LogP contribution in [0.2, 0.25) is 0 Å². The lowest BCUT2D eigenvalue weighted by Crippen LogP contribution is -2.04. The Labute approximate surface area is 156 Å². The predicted molar refractivity (Wildman–Crippen MR) is 98.2 cm³/mol. The van der Waals surface area contributed by atoms with E-state index >= 15 is 0 Å². The number of benzene rings is 2. The van der Waals surface area contributed by atoms with Crippen LogP contribution in [0, 0.1) is 17.5 Å². The normalized spacial score (nSPS) is 10.6. The molecule has 0 fully saturated rings. The van der Waals surface area contributed by atoms with Crippen LogP contribution in [0.1, 0.15) is 5.56 Å². The van der Waals surface area contributed by atoms with Crippen molar-refractivity contribution in [3.63, 3.8) is 0 Å². The quantitative estimate of drug-likeness (QED) is 0.530. The first-order valence-electron chi connectivity index (χ1n) is 7.43. The highest BCUT2D eigenvalue weighted by atomic mass is 32.2. The van der Waals surface area contributed by atoms with Crippen molar-refractivity contribution in [2.24, 2.45) is 0 Å². The third-order valence-corrected chi connectivity index (χ3v) is 4.92. The number of methoxy groups -OCH3 is 1. The van der Waals surface area contributed by atoms with Gasteiger partial charge >= 0.3 is 0 Å². The zero-order valence-electron chi connectivity index (χ0n) is 13.6. The maximum Gasteiger partial charge on any atom is 0.147 e. The Morgan fingerprint density at radius 3 is 2.54 bits per heavy atom. The van der Waals surface area contributed by atoms with E-state index in [1.807, 2.05) is 0 Å². The van der Waals surface area contributed by atoms with Gasteiger partial charge in [-0.25, -0.2) is 18.2 Å². The first-order chi connectivity index (χ1) is 12.6. The van der Waals surface area contributed by atoms with Crippen LogP contribution in [-0.2, 0) is 6.54 Å². The van der Waals surface area contributed by atoms with Crippen molar-refractivity contribution in [3.05, 3.63) is 64.2 Å². The molecule has 0 aliphatic rings. The molecule has 0 aliphatic heterocycles. The number of hydrogen-bond acceptors (Lipinski definition) is 6. The van der Waals surface area contributed by atoms with E-state index in [0.717, 1.165) is 24.1 Å². The van der Waals surface area contributed by atoms with Crippen LogP contribution in [0.3, 0.4) is 0 Å². The molecule has 0 saturated carbocycles. The van der Waals surface area contributed by atoms with Gasteiger partial charge < -0.3 is 14.8 Å². The number of aromatic nitrogens is 1. The molecule has 9 heteroatoms. The van der Waals surface area contributed by atoms with Crippen molar-refractivity contribution in [2.45, 2.75) is 11.4 Å². The summed E-state index contributed by atoms with van der Waals surface area (Å²) >= 11 is 2.17. The molecule has 0 aliphatic carbocycles. The fourth-order valence-electron chi connectivity index (χ4n) is 2.14. The van der Waals surface area contributed by atoms with E-state index in [4.69, 9.17) is 4.74 Å². The minimum absolute atomic E-state index is 0.0610. The Kier molecular flexibility index (Phi) is 5.89. The van der Waals surface area contributed by atoms with Gasteiger partial charge in [0, 0.05) is 23.2 Å². The number of hydrogen-bond donors (Lipinski definition) is 2. The summed E-state index contributed by atoms with van der Waals surface area (Å²) in [5.41, 5.74) is 2.15. The first kappa shape index (κ1) is 18.4. The van der Waals surface area contributed by atoms with Gasteiger partial charge in [-0.1, -0.05) is 0 Å². The van der Waals surface area contributed by atoms with Crippen LogP contribution in [0.25, 0.3) is 0 Å². The Balaban J connectivity index is 1.69. The van der Waals surface area contributed by atoms with Gasteiger partial charge in [-0.2, -0.15) is 0 Å². The molecule has 0 radical (unpaired) electrons. The zero-order valence-corrected chi connectivity index (χ0v) is 15.2. The van der Waals surface area contributed by atoms with Gasteiger partial charge in [0.25, 0.3) is 0 Å². The molecule has 0 spiro atoms. The molecular formula is C17H14F3N3OS2. The molecule has 3 rings (SSSR count). The minimum Gasteiger partial charge on any atom is -0.497 e. The highest BCUT2D eigenvalue weighted by molar-refractivity contribution is 8.00. The second-order valence-electron chi connectivity index (χ2n) is 5.16. The molecule has 4 nitrogen and oxygen atoms in total. The highest BCUT2D eigenvalue weighted by Gasteiger charge is 2.13. The van der Waals surface area contributed by atoms with Crippen LogP contribution in [0.15, 0.2) is 46.1 Å². The second-order valence-corrected chi connectivity index (χ2v) is 6.69. The van der Waals surface area contributed by atoms with Crippen molar-refractivity contribution in [1.82, 2.24) is 4.98 Å². The third kappa shape index (κ3) is 4.41. The van der Waals surface area contributed by atoms with Crippen molar-refractivity contribution < 1.29 is 17.9 Å². The lowest BCUT2D eigenvalue weighted by atomic mass is 10.2. The van der Waals surface area contributed by atoms with Gasteiger partial charge in [0.1, 0.15) is 33.9 Å². The molecule has 3 aromatic rings. The summed E-state index contributed by atoms with van der Waals surface area (Å²) in [5.74, 6) is -0.869. The first-order valence-corrected chi connectivity index (χ1v) is 9.19. The Morgan fingerprint density at radius 1 is 1.12 bits per heavy atom. The van der Waals surface area contributed by atoms with E-state index in [-0.39, 0.29) is 17.1 Å². The van der Waals surface area contributed by atoms with Crippen LogP contribution >= 0.6 is 23.3 Å². The lowest BCUT2D eigenvalue weighted by molar-refractivity contribution is 0.413. The minimum atomic E-state index is -0.730. The molecule has 0 unspecified atom stereocenters. The smallest absolute Gasteiger partial charge is 0.147 e. The SMILES string of the molecule is COc1ccc(F)c(CNc2cc(F)c(SNc3cscn3)c(F)c2)c1. The van der Waals surface area contributed by atoms with Crippen LogP contribution in [0.4, 0.5) is 24.7 Å². The second kappa shape index (κ2) is 8.33. The number of rotatable bonds is 7. The maximum absolute atomic E-state index is 14.2. The molecular weight excluding hydrogens is 383 g/mol. The van der Waals surface area contributed by atoms with Gasteiger partial charge in [-0.15, -0.1) is 11.3 Å². The van der Waals surface area contributed by atoms with Crippen LogP contribution in [-0.4, -0.2) is 12.1 Å². The van der Waals surface area contributed by atoms with E-state index in [2.05, 4.69) is 15.0 Å². The van der Waals surface area contributed by atoms with Gasteiger partial charge in [0.15, 0.2) is 0 Å². The molecule has 2 aromatic carbocycles. The predicted octanol–water partition coefficient (Wildman–Crippen LogP) is 5.30. The van der Waals surface area contributed by atoms with E-state index < -0.39 is 17.5 Å². The average molecular weight is 397 g/mol. The monoisotopic (exact) mass is 397 g/mol. The standard InChI is InChI=1S/C17H14F3N3OS2/c1-24-12-2-3-13(18)10(4-12)7-21-11-5-14(19)17(15(20)6-11)26-23-16-8-25-9-22-16/h2-6,8-9,21,23H,7H2,1H3. The summed E-state index contributed by atoms with van der Waals surface area (Å²) in [6, 6.07) is 6.62. The zero-order chi connectivity index (χ0) is 18.5. The summed E-state index contributed by atoms with van der Waals surface area (Å²) in [5, 5.41) is 4.54. The van der Waals surface area contributed by atoms with Crippen molar-refractivity contribution >= 4 is 34.8 Å². The molecule has 2 N–H and O–H groups in total. The third-order valence-electron chi connectivity index (χ3n) is 3.42. The summed E-state index contributed by atoms with van der Waals surface area (Å²) in [6.45, 7) is 0.0610. The molecule has 0 saturated heterocycles. The van der Waals surface area contributed by atoms with Crippen molar-refractivity contribution in [1.29, 1.82) is 0 Å². The topological polar surface area (TPSA) is 46.2 Å². The van der Waals surface area contributed by atoms with Gasteiger partial charge in [-0.05, 0) is 42.3 Å². The molecule has 0 atom stereocenters.